The summed E-state index contributed by atoms with van der Waals surface area (Å²) < 4.78 is 0. The van der Waals surface area contributed by atoms with E-state index in [1.807, 2.05) is 24.8 Å². The molecule has 1 aromatic rings. The Bertz CT molecular complexity index is 358. The van der Waals surface area contributed by atoms with Crippen LogP contribution in [0.2, 0.25) is 0 Å². The van der Waals surface area contributed by atoms with Gasteiger partial charge in [0.15, 0.2) is 0 Å². The second kappa shape index (κ2) is 8.02. The Balaban J connectivity index is 2.54. The highest BCUT2D eigenvalue weighted by Crippen LogP contribution is 2.14. The first-order valence-electron chi connectivity index (χ1n) is 6.38. The van der Waals surface area contributed by atoms with E-state index < -0.39 is 0 Å². The summed E-state index contributed by atoms with van der Waals surface area (Å²) in [5.74, 6) is 4.17. The molecule has 0 bridgehead atoms. The lowest BCUT2D eigenvalue weighted by Gasteiger charge is -2.15. The normalized spacial score (nSPS) is 12.2. The monoisotopic (exact) mass is 269 g/mol. The van der Waals surface area contributed by atoms with Gasteiger partial charge in [-0.15, -0.1) is 0 Å². The number of nitrogens with zero attached hydrogens (tertiary/aromatic N) is 2. The smallest absolute Gasteiger partial charge is 0.223 e. The standard InChI is InChI=1S/C12H23N5S/c1-4-14-10-8-11(17-12(13)16-10)15-9(3)6-7-18-5-2/h8-9H,4-7H2,1-3H3,(H4,13,14,15,16,17). The van der Waals surface area contributed by atoms with Crippen molar-refractivity contribution in [1.82, 2.24) is 9.97 Å². The van der Waals surface area contributed by atoms with Gasteiger partial charge < -0.3 is 16.4 Å². The minimum atomic E-state index is 0.297. The molecule has 0 saturated carbocycles. The average Bonchev–Trinajstić information content (AvgIpc) is 2.28. The van der Waals surface area contributed by atoms with Crippen LogP contribution in [0.25, 0.3) is 0 Å². The molecular weight excluding hydrogens is 246 g/mol. The van der Waals surface area contributed by atoms with Crippen molar-refractivity contribution in [2.45, 2.75) is 33.2 Å². The van der Waals surface area contributed by atoms with Gasteiger partial charge in [0.25, 0.3) is 0 Å². The third-order valence-electron chi connectivity index (χ3n) is 2.39. The Kier molecular flexibility index (Phi) is 6.64. The lowest BCUT2D eigenvalue weighted by Crippen LogP contribution is -2.18. The fraction of sp³-hybridized carbons (Fsp3) is 0.667. The van der Waals surface area contributed by atoms with Gasteiger partial charge in [0, 0.05) is 18.7 Å². The van der Waals surface area contributed by atoms with Gasteiger partial charge in [0.05, 0.1) is 0 Å². The van der Waals surface area contributed by atoms with Crippen LogP contribution in [0.15, 0.2) is 6.07 Å². The molecule has 0 fully saturated rings. The Hall–Kier alpha value is -1.17. The fourth-order valence-electron chi connectivity index (χ4n) is 1.54. The van der Waals surface area contributed by atoms with Gasteiger partial charge in [0.2, 0.25) is 5.95 Å². The van der Waals surface area contributed by atoms with E-state index in [0.717, 1.165) is 36.1 Å². The third kappa shape index (κ3) is 5.44. The van der Waals surface area contributed by atoms with Crippen LogP contribution >= 0.6 is 11.8 Å². The first-order chi connectivity index (χ1) is 8.65. The van der Waals surface area contributed by atoms with Crippen LogP contribution in [0.4, 0.5) is 17.6 Å². The highest BCUT2D eigenvalue weighted by Gasteiger charge is 2.05. The number of aromatic nitrogens is 2. The minimum Gasteiger partial charge on any atom is -0.370 e. The summed E-state index contributed by atoms with van der Waals surface area (Å²) >= 11 is 1.95. The van der Waals surface area contributed by atoms with Gasteiger partial charge in [-0.05, 0) is 31.8 Å². The molecule has 1 atom stereocenters. The molecule has 0 aromatic carbocycles. The number of hydrogen-bond donors (Lipinski definition) is 3. The molecule has 0 spiro atoms. The van der Waals surface area contributed by atoms with Crippen LogP contribution in [0.1, 0.15) is 27.2 Å². The van der Waals surface area contributed by atoms with Gasteiger partial charge >= 0.3 is 0 Å². The Labute approximate surface area is 113 Å². The van der Waals surface area contributed by atoms with E-state index in [0.29, 0.717) is 12.0 Å². The number of thioether (sulfide) groups is 1. The summed E-state index contributed by atoms with van der Waals surface area (Å²) in [7, 11) is 0. The molecule has 0 aliphatic carbocycles. The van der Waals surface area contributed by atoms with Gasteiger partial charge in [-0.2, -0.15) is 21.7 Å². The third-order valence-corrected chi connectivity index (χ3v) is 3.33. The molecule has 0 amide bonds. The van der Waals surface area contributed by atoms with Crippen LogP contribution < -0.4 is 16.4 Å². The average molecular weight is 269 g/mol. The molecule has 5 nitrogen and oxygen atoms in total. The van der Waals surface area contributed by atoms with Crippen molar-refractivity contribution in [3.63, 3.8) is 0 Å². The maximum atomic E-state index is 5.68. The van der Waals surface area contributed by atoms with Crippen molar-refractivity contribution >= 4 is 29.3 Å². The van der Waals surface area contributed by atoms with E-state index in [4.69, 9.17) is 5.73 Å². The molecule has 1 rings (SSSR count). The molecule has 0 saturated heterocycles. The Morgan fingerprint density at radius 1 is 1.33 bits per heavy atom. The van der Waals surface area contributed by atoms with Gasteiger partial charge in [-0.3, -0.25) is 0 Å². The second-order valence-electron chi connectivity index (χ2n) is 4.06. The summed E-state index contributed by atoms with van der Waals surface area (Å²) in [6.45, 7) is 7.17. The fourth-order valence-corrected chi connectivity index (χ4v) is 2.35. The van der Waals surface area contributed by atoms with Crippen LogP contribution in [-0.4, -0.2) is 34.1 Å². The van der Waals surface area contributed by atoms with Gasteiger partial charge in [-0.1, -0.05) is 6.92 Å². The van der Waals surface area contributed by atoms with E-state index >= 15 is 0 Å². The Morgan fingerprint density at radius 3 is 2.72 bits per heavy atom. The van der Waals surface area contributed by atoms with Crippen LogP contribution in [0.3, 0.4) is 0 Å². The van der Waals surface area contributed by atoms with E-state index in [1.165, 1.54) is 0 Å². The van der Waals surface area contributed by atoms with Crippen molar-refractivity contribution in [3.05, 3.63) is 6.07 Å². The van der Waals surface area contributed by atoms with Crippen molar-refractivity contribution < 1.29 is 0 Å². The summed E-state index contributed by atoms with van der Waals surface area (Å²) in [6, 6.07) is 2.27. The topological polar surface area (TPSA) is 75.9 Å². The van der Waals surface area contributed by atoms with E-state index in [-0.39, 0.29) is 0 Å². The lowest BCUT2D eigenvalue weighted by molar-refractivity contribution is 0.766. The first-order valence-corrected chi connectivity index (χ1v) is 7.53. The van der Waals surface area contributed by atoms with Crippen LogP contribution in [0, 0.1) is 0 Å². The number of nitrogens with two attached hydrogens (primary N) is 1. The molecule has 102 valence electrons. The van der Waals surface area contributed by atoms with E-state index in [2.05, 4.69) is 34.4 Å². The minimum absolute atomic E-state index is 0.297. The zero-order chi connectivity index (χ0) is 13.4. The van der Waals surface area contributed by atoms with Crippen LogP contribution in [-0.2, 0) is 0 Å². The van der Waals surface area contributed by atoms with Gasteiger partial charge in [-0.25, -0.2) is 0 Å². The number of anilines is 3. The zero-order valence-electron chi connectivity index (χ0n) is 11.4. The predicted molar refractivity (Wildman–Crippen MR) is 81.3 cm³/mol. The number of rotatable bonds is 8. The maximum Gasteiger partial charge on any atom is 0.223 e. The summed E-state index contributed by atoms with van der Waals surface area (Å²) in [5.41, 5.74) is 5.68. The highest BCUT2D eigenvalue weighted by atomic mass is 32.2. The maximum absolute atomic E-state index is 5.68. The molecule has 18 heavy (non-hydrogen) atoms. The number of nitrogens with one attached hydrogen (secondary N) is 2. The largest absolute Gasteiger partial charge is 0.370 e. The molecule has 6 heteroatoms. The lowest BCUT2D eigenvalue weighted by atomic mass is 10.2. The van der Waals surface area contributed by atoms with Crippen molar-refractivity contribution in [2.24, 2.45) is 0 Å². The van der Waals surface area contributed by atoms with Crippen molar-refractivity contribution in [3.8, 4) is 0 Å². The van der Waals surface area contributed by atoms with E-state index in [1.54, 1.807) is 0 Å². The molecule has 0 radical (unpaired) electrons. The van der Waals surface area contributed by atoms with Crippen molar-refractivity contribution in [2.75, 3.05) is 34.4 Å². The Morgan fingerprint density at radius 2 is 2.06 bits per heavy atom. The second-order valence-corrected chi connectivity index (χ2v) is 5.45. The summed E-state index contributed by atoms with van der Waals surface area (Å²) in [5, 5.41) is 6.50. The highest BCUT2D eigenvalue weighted by molar-refractivity contribution is 7.99. The number of nitrogen functional groups attached to an aromatic ring is 1. The van der Waals surface area contributed by atoms with E-state index in [9.17, 15) is 0 Å². The van der Waals surface area contributed by atoms with Crippen molar-refractivity contribution in [1.29, 1.82) is 0 Å². The zero-order valence-corrected chi connectivity index (χ0v) is 12.2. The number of hydrogen-bond acceptors (Lipinski definition) is 6. The SMILES string of the molecule is CCNc1cc(NC(C)CCSCC)nc(N)n1. The molecule has 4 N–H and O–H groups in total. The first kappa shape index (κ1) is 14.9. The molecular formula is C12H23N5S. The molecule has 0 aliphatic heterocycles. The summed E-state index contributed by atoms with van der Waals surface area (Å²) in [6.07, 6.45) is 1.11. The quantitative estimate of drug-likeness (QED) is 0.629. The summed E-state index contributed by atoms with van der Waals surface area (Å²) in [4.78, 5) is 8.31. The molecule has 1 heterocycles. The molecule has 1 aromatic heterocycles. The van der Waals surface area contributed by atoms with Crippen LogP contribution in [0.5, 0.6) is 0 Å². The van der Waals surface area contributed by atoms with Gasteiger partial charge in [0.1, 0.15) is 11.6 Å². The molecule has 1 unspecified atom stereocenters. The molecule has 0 aliphatic rings. The predicted octanol–water partition coefficient (Wildman–Crippen LogP) is 2.43.